The summed E-state index contributed by atoms with van der Waals surface area (Å²) >= 11 is 0. The second-order valence-electron chi connectivity index (χ2n) is 11.2. The SMILES string of the molecule is COc1cc(C(=O)NS(=O)(=O)c2ccccc2C)ccc1Cn1ccc2ccc(NC(=O)OC3CC4CCC3C4)cc21. The fraction of sp³-hybridized carbons (Fsp3) is 0.312. The maximum Gasteiger partial charge on any atom is 0.411 e. The van der Waals surface area contributed by atoms with Crippen molar-refractivity contribution in [1.29, 1.82) is 0 Å². The van der Waals surface area contributed by atoms with Crippen LogP contribution >= 0.6 is 0 Å². The zero-order chi connectivity index (χ0) is 29.4. The predicted molar refractivity (Wildman–Crippen MR) is 159 cm³/mol. The highest BCUT2D eigenvalue weighted by molar-refractivity contribution is 7.90. The predicted octanol–water partition coefficient (Wildman–Crippen LogP) is 5.86. The average Bonchev–Trinajstić information content (AvgIpc) is 3.69. The molecule has 3 unspecified atom stereocenters. The molecular weight excluding hydrogens is 554 g/mol. The summed E-state index contributed by atoms with van der Waals surface area (Å²) in [6.07, 6.45) is 6.04. The molecule has 6 rings (SSSR count). The lowest BCUT2D eigenvalue weighted by Gasteiger charge is -2.22. The van der Waals surface area contributed by atoms with E-state index in [-0.39, 0.29) is 16.6 Å². The maximum absolute atomic E-state index is 12.9. The van der Waals surface area contributed by atoms with Gasteiger partial charge in [0.2, 0.25) is 0 Å². The molecule has 0 saturated heterocycles. The first-order valence-corrected chi connectivity index (χ1v) is 15.5. The minimum absolute atomic E-state index is 0.0106. The van der Waals surface area contributed by atoms with Crippen LogP contribution in [0.15, 0.2) is 77.8 Å². The first-order chi connectivity index (χ1) is 20.2. The highest BCUT2D eigenvalue weighted by atomic mass is 32.2. The Bertz CT molecular complexity index is 1780. The average molecular weight is 588 g/mol. The van der Waals surface area contributed by atoms with Crippen LogP contribution in [0.1, 0.15) is 47.2 Å². The number of fused-ring (bicyclic) bond motifs is 3. The highest BCUT2D eigenvalue weighted by Gasteiger charge is 2.41. The molecule has 2 fully saturated rings. The molecule has 2 bridgehead atoms. The summed E-state index contributed by atoms with van der Waals surface area (Å²) in [5.74, 6) is 0.883. The summed E-state index contributed by atoms with van der Waals surface area (Å²) in [6, 6.07) is 19.0. The molecule has 2 amide bonds. The smallest absolute Gasteiger partial charge is 0.411 e. The van der Waals surface area contributed by atoms with E-state index in [2.05, 4.69) is 10.0 Å². The van der Waals surface area contributed by atoms with E-state index in [0.29, 0.717) is 35.4 Å². The van der Waals surface area contributed by atoms with Crippen molar-refractivity contribution in [3.63, 3.8) is 0 Å². The number of nitrogens with zero attached hydrogens (tertiary/aromatic N) is 1. The standard InChI is InChI=1S/C32H33N3O6S/c1-20-5-3-4-6-30(20)42(38,39)34-31(36)24-9-10-25(28(17-24)40-2)19-35-14-13-22-11-12-26(18-27(22)35)33-32(37)41-29-16-21-7-8-23(29)15-21/h3-6,9-14,17-18,21,23,29H,7-8,15-16,19H2,1-2H3,(H,33,37)(H,34,36). The van der Waals surface area contributed by atoms with Gasteiger partial charge >= 0.3 is 6.09 Å². The van der Waals surface area contributed by atoms with Gasteiger partial charge in [-0.3, -0.25) is 10.1 Å². The molecule has 2 aliphatic rings. The van der Waals surface area contributed by atoms with Gasteiger partial charge in [0.1, 0.15) is 11.9 Å². The number of ether oxygens (including phenoxy) is 2. The quantitative estimate of drug-likeness (QED) is 0.267. The third kappa shape index (κ3) is 5.59. The van der Waals surface area contributed by atoms with Crippen molar-refractivity contribution in [3.8, 4) is 5.75 Å². The van der Waals surface area contributed by atoms with Crippen LogP contribution in [0.2, 0.25) is 0 Å². The largest absolute Gasteiger partial charge is 0.496 e. The van der Waals surface area contributed by atoms with Crippen LogP contribution in [-0.2, 0) is 21.3 Å². The van der Waals surface area contributed by atoms with E-state index < -0.39 is 22.0 Å². The molecule has 2 N–H and O–H groups in total. The monoisotopic (exact) mass is 587 g/mol. The molecule has 1 heterocycles. The van der Waals surface area contributed by atoms with Crippen molar-refractivity contribution in [2.24, 2.45) is 11.8 Å². The number of benzene rings is 3. The van der Waals surface area contributed by atoms with Gasteiger partial charge in [-0.15, -0.1) is 0 Å². The zero-order valence-electron chi connectivity index (χ0n) is 23.5. The van der Waals surface area contributed by atoms with Gasteiger partial charge in [-0.1, -0.05) is 30.3 Å². The second kappa shape index (κ2) is 11.2. The second-order valence-corrected chi connectivity index (χ2v) is 12.8. The van der Waals surface area contributed by atoms with Gasteiger partial charge in [0.05, 0.1) is 24.1 Å². The van der Waals surface area contributed by atoms with Crippen molar-refractivity contribution in [1.82, 2.24) is 9.29 Å². The maximum atomic E-state index is 12.9. The van der Waals surface area contributed by atoms with Gasteiger partial charge in [-0.2, -0.15) is 0 Å². The van der Waals surface area contributed by atoms with Crippen molar-refractivity contribution < 1.29 is 27.5 Å². The number of carbonyl (C=O) groups is 2. The van der Waals surface area contributed by atoms with Gasteiger partial charge < -0.3 is 14.0 Å². The first-order valence-electron chi connectivity index (χ1n) is 14.1. The zero-order valence-corrected chi connectivity index (χ0v) is 24.3. The number of aromatic nitrogens is 1. The number of aryl methyl sites for hydroxylation is 1. The summed E-state index contributed by atoms with van der Waals surface area (Å²) in [7, 11) is -2.54. The number of anilines is 1. The third-order valence-electron chi connectivity index (χ3n) is 8.45. The Labute approximate surface area is 244 Å². The molecule has 2 saturated carbocycles. The molecule has 42 heavy (non-hydrogen) atoms. The highest BCUT2D eigenvalue weighted by Crippen LogP contribution is 2.46. The normalized spacial score (nSPS) is 19.5. The number of hydrogen-bond acceptors (Lipinski definition) is 6. The minimum Gasteiger partial charge on any atom is -0.496 e. The molecule has 0 radical (unpaired) electrons. The molecule has 218 valence electrons. The number of carbonyl (C=O) groups excluding carboxylic acids is 2. The molecule has 4 aromatic rings. The van der Waals surface area contributed by atoms with E-state index in [9.17, 15) is 18.0 Å². The Balaban J connectivity index is 1.16. The summed E-state index contributed by atoms with van der Waals surface area (Å²) in [5, 5.41) is 3.88. The van der Waals surface area contributed by atoms with Gasteiger partial charge in [0.15, 0.2) is 0 Å². The number of nitrogens with one attached hydrogen (secondary N) is 2. The van der Waals surface area contributed by atoms with Crippen LogP contribution in [-0.4, -0.2) is 38.2 Å². The van der Waals surface area contributed by atoms with Crippen LogP contribution < -0.4 is 14.8 Å². The van der Waals surface area contributed by atoms with Crippen molar-refractivity contribution in [2.75, 3.05) is 12.4 Å². The number of methoxy groups -OCH3 is 1. The van der Waals surface area contributed by atoms with Crippen LogP contribution in [0, 0.1) is 18.8 Å². The van der Waals surface area contributed by atoms with Crippen LogP contribution in [0.4, 0.5) is 10.5 Å². The summed E-state index contributed by atoms with van der Waals surface area (Å²) in [5.41, 5.74) is 3.04. The van der Waals surface area contributed by atoms with E-state index in [1.807, 2.05) is 35.0 Å². The number of hydrogen-bond donors (Lipinski definition) is 2. The van der Waals surface area contributed by atoms with Crippen LogP contribution in [0.3, 0.4) is 0 Å². The van der Waals surface area contributed by atoms with E-state index in [1.54, 1.807) is 37.3 Å². The number of rotatable bonds is 8. The Morgan fingerprint density at radius 1 is 1.00 bits per heavy atom. The fourth-order valence-electron chi connectivity index (χ4n) is 6.31. The van der Waals surface area contributed by atoms with Gasteiger partial charge in [0.25, 0.3) is 15.9 Å². The van der Waals surface area contributed by atoms with E-state index >= 15 is 0 Å². The Kier molecular flexibility index (Phi) is 7.40. The van der Waals surface area contributed by atoms with Gasteiger partial charge in [-0.25, -0.2) is 17.9 Å². The molecule has 9 nitrogen and oxygen atoms in total. The summed E-state index contributed by atoms with van der Waals surface area (Å²) < 4.78 is 41.1. The molecule has 3 atom stereocenters. The Morgan fingerprint density at radius 3 is 2.57 bits per heavy atom. The van der Waals surface area contributed by atoms with E-state index in [1.165, 1.54) is 32.1 Å². The van der Waals surface area contributed by atoms with Crippen LogP contribution in [0.25, 0.3) is 10.9 Å². The number of amides is 2. The minimum atomic E-state index is -4.04. The summed E-state index contributed by atoms with van der Waals surface area (Å²) in [6.45, 7) is 2.10. The Hall–Kier alpha value is -4.31. The summed E-state index contributed by atoms with van der Waals surface area (Å²) in [4.78, 5) is 25.6. The van der Waals surface area contributed by atoms with Crippen molar-refractivity contribution in [3.05, 3.63) is 89.6 Å². The number of sulfonamides is 1. The van der Waals surface area contributed by atoms with Crippen molar-refractivity contribution >= 4 is 38.6 Å². The fourth-order valence-corrected chi connectivity index (χ4v) is 7.53. The molecule has 1 aromatic heterocycles. The molecule has 0 aliphatic heterocycles. The Morgan fingerprint density at radius 2 is 1.83 bits per heavy atom. The van der Waals surface area contributed by atoms with Crippen molar-refractivity contribution in [2.45, 2.75) is 50.2 Å². The van der Waals surface area contributed by atoms with E-state index in [4.69, 9.17) is 9.47 Å². The van der Waals surface area contributed by atoms with E-state index in [0.717, 1.165) is 29.3 Å². The van der Waals surface area contributed by atoms with Gasteiger partial charge in [-0.05, 0) is 91.8 Å². The molecule has 2 aliphatic carbocycles. The lowest BCUT2D eigenvalue weighted by molar-refractivity contribution is 0.0755. The molecular formula is C32H33N3O6S. The lowest BCUT2D eigenvalue weighted by atomic mass is 9.98. The van der Waals surface area contributed by atoms with Gasteiger partial charge in [0, 0.05) is 23.0 Å². The lowest BCUT2D eigenvalue weighted by Crippen LogP contribution is -2.31. The molecule has 0 spiro atoms. The topological polar surface area (TPSA) is 116 Å². The third-order valence-corrected chi connectivity index (χ3v) is 9.94. The van der Waals surface area contributed by atoms with Crippen LogP contribution in [0.5, 0.6) is 5.75 Å². The first kappa shape index (κ1) is 27.8. The molecule has 3 aromatic carbocycles. The molecule has 10 heteroatoms.